The van der Waals surface area contributed by atoms with E-state index in [0.29, 0.717) is 5.84 Å². The van der Waals surface area contributed by atoms with Crippen LogP contribution in [0.25, 0.3) is 0 Å². The monoisotopic (exact) mass is 216 g/mol. The van der Waals surface area contributed by atoms with Crippen LogP contribution in [0.15, 0.2) is 0 Å². The van der Waals surface area contributed by atoms with Crippen molar-refractivity contribution in [2.45, 2.75) is 13.3 Å². The minimum absolute atomic E-state index is 0.0490. The zero-order chi connectivity index (χ0) is 10.6. The number of amidine groups is 1. The molecule has 1 saturated heterocycles. The lowest BCUT2D eigenvalue weighted by molar-refractivity contribution is 0.188. The predicted octanol–water partition coefficient (Wildman–Crippen LogP) is 1.21. The molecule has 0 bridgehead atoms. The minimum Gasteiger partial charge on any atom is -0.358 e. The molecular formula is C9H17ClN4. The van der Waals surface area contributed by atoms with Crippen molar-refractivity contribution >= 4 is 22.6 Å². The molecule has 4 nitrogen and oxygen atoms in total. The topological polar surface area (TPSA) is 54.2 Å². The van der Waals surface area contributed by atoms with E-state index in [0.717, 1.165) is 32.7 Å². The third-order valence-corrected chi connectivity index (χ3v) is 2.66. The van der Waals surface area contributed by atoms with Gasteiger partial charge in [0.2, 0.25) is 0 Å². The van der Waals surface area contributed by atoms with Gasteiger partial charge < -0.3 is 9.80 Å². The van der Waals surface area contributed by atoms with E-state index in [1.165, 1.54) is 0 Å². The molecule has 0 radical (unpaired) electrons. The van der Waals surface area contributed by atoms with Crippen LogP contribution in [0.5, 0.6) is 0 Å². The van der Waals surface area contributed by atoms with Crippen LogP contribution in [0.3, 0.4) is 0 Å². The summed E-state index contributed by atoms with van der Waals surface area (Å²) in [5, 5.41) is 14.9. The smallest absolute Gasteiger partial charge is 0.104 e. The molecule has 80 valence electrons. The maximum atomic E-state index is 7.72. The molecule has 0 aromatic rings. The van der Waals surface area contributed by atoms with Gasteiger partial charge in [-0.15, -0.1) is 0 Å². The molecule has 0 unspecified atom stereocenters. The van der Waals surface area contributed by atoms with Crippen LogP contribution in [-0.4, -0.2) is 53.5 Å². The first-order valence-electron chi connectivity index (χ1n) is 4.91. The Morgan fingerprint density at radius 2 is 1.79 bits per heavy atom. The van der Waals surface area contributed by atoms with Crippen molar-refractivity contribution in [2.75, 3.05) is 32.7 Å². The fourth-order valence-electron chi connectivity index (χ4n) is 1.59. The van der Waals surface area contributed by atoms with Crippen molar-refractivity contribution in [3.05, 3.63) is 0 Å². The van der Waals surface area contributed by atoms with Gasteiger partial charge in [-0.05, 0) is 6.54 Å². The average Bonchev–Trinajstić information content (AvgIpc) is 2.17. The fourth-order valence-corrected chi connectivity index (χ4v) is 1.72. The average molecular weight is 217 g/mol. The molecule has 1 rings (SSSR count). The highest BCUT2D eigenvalue weighted by atomic mass is 35.5. The molecule has 0 spiro atoms. The Bertz CT molecular complexity index is 221. The Kier molecular flexibility index (Phi) is 4.35. The normalized spacial score (nSPS) is 18.3. The first-order chi connectivity index (χ1) is 6.63. The summed E-state index contributed by atoms with van der Waals surface area (Å²) in [6, 6.07) is 0. The van der Waals surface area contributed by atoms with Crippen molar-refractivity contribution in [2.24, 2.45) is 0 Å². The van der Waals surface area contributed by atoms with Crippen LogP contribution in [0.2, 0.25) is 0 Å². The zero-order valence-corrected chi connectivity index (χ0v) is 9.27. The van der Waals surface area contributed by atoms with E-state index >= 15 is 0 Å². The molecule has 0 aromatic heterocycles. The Labute approximate surface area is 89.8 Å². The Morgan fingerprint density at radius 1 is 1.21 bits per heavy atom. The molecule has 1 aliphatic heterocycles. The van der Waals surface area contributed by atoms with Gasteiger partial charge in [0, 0.05) is 26.2 Å². The van der Waals surface area contributed by atoms with Gasteiger partial charge >= 0.3 is 0 Å². The van der Waals surface area contributed by atoms with Crippen LogP contribution in [0.4, 0.5) is 0 Å². The summed E-state index contributed by atoms with van der Waals surface area (Å²) >= 11 is 5.45. The van der Waals surface area contributed by atoms with Crippen LogP contribution in [0, 0.1) is 10.8 Å². The Balaban J connectivity index is 2.34. The zero-order valence-electron chi connectivity index (χ0n) is 8.52. The lowest BCUT2D eigenvalue weighted by atomic mass is 10.3. The van der Waals surface area contributed by atoms with Gasteiger partial charge in [0.05, 0.1) is 6.42 Å². The first kappa shape index (κ1) is 11.5. The van der Waals surface area contributed by atoms with Crippen LogP contribution in [-0.2, 0) is 0 Å². The van der Waals surface area contributed by atoms with E-state index in [2.05, 4.69) is 11.8 Å². The van der Waals surface area contributed by atoms with Gasteiger partial charge in [-0.1, -0.05) is 18.5 Å². The SMILES string of the molecule is CCN1CCN(C(=N)CC(=N)Cl)CC1. The molecule has 5 heteroatoms. The van der Waals surface area contributed by atoms with Crippen LogP contribution < -0.4 is 0 Å². The van der Waals surface area contributed by atoms with Gasteiger partial charge in [-0.25, -0.2) is 0 Å². The quantitative estimate of drug-likeness (QED) is 0.551. The minimum atomic E-state index is 0.0490. The van der Waals surface area contributed by atoms with Gasteiger partial charge in [0.25, 0.3) is 0 Å². The highest BCUT2D eigenvalue weighted by Gasteiger charge is 2.17. The summed E-state index contributed by atoms with van der Waals surface area (Å²) in [7, 11) is 0. The largest absolute Gasteiger partial charge is 0.358 e. The van der Waals surface area contributed by atoms with E-state index in [9.17, 15) is 0 Å². The number of likely N-dealkylation sites (N-methyl/N-ethyl adjacent to an activating group) is 1. The molecule has 1 fully saturated rings. The lowest BCUT2D eigenvalue weighted by Gasteiger charge is -2.35. The summed E-state index contributed by atoms with van der Waals surface area (Å²) in [4.78, 5) is 4.36. The number of rotatable bonds is 3. The maximum Gasteiger partial charge on any atom is 0.104 e. The summed E-state index contributed by atoms with van der Waals surface area (Å²) < 4.78 is 0. The number of nitrogens with zero attached hydrogens (tertiary/aromatic N) is 2. The number of nitrogens with one attached hydrogen (secondary N) is 2. The van der Waals surface area contributed by atoms with Gasteiger partial charge in [-0.3, -0.25) is 10.8 Å². The molecule has 1 aliphatic rings. The van der Waals surface area contributed by atoms with Crippen molar-refractivity contribution in [3.8, 4) is 0 Å². The summed E-state index contributed by atoms with van der Waals surface area (Å²) in [5.74, 6) is 0.473. The molecule has 1 heterocycles. The van der Waals surface area contributed by atoms with E-state index in [-0.39, 0.29) is 11.6 Å². The first-order valence-corrected chi connectivity index (χ1v) is 5.29. The van der Waals surface area contributed by atoms with Crippen molar-refractivity contribution < 1.29 is 0 Å². The Hall–Kier alpha value is -0.610. The third-order valence-electron chi connectivity index (χ3n) is 2.52. The second kappa shape index (κ2) is 5.32. The standard InChI is InChI=1S/C9H17ClN4/c1-2-13-3-5-14(6-4-13)9(12)7-8(10)11/h11-12H,2-7H2,1H3. The molecule has 0 aromatic carbocycles. The predicted molar refractivity (Wildman–Crippen MR) is 59.6 cm³/mol. The second-order valence-corrected chi connectivity index (χ2v) is 3.91. The Morgan fingerprint density at radius 3 is 2.21 bits per heavy atom. The summed E-state index contributed by atoms with van der Waals surface area (Å²) in [5.41, 5.74) is 0. The second-order valence-electron chi connectivity index (χ2n) is 3.45. The third kappa shape index (κ3) is 3.27. The lowest BCUT2D eigenvalue weighted by Crippen LogP contribution is -2.48. The van der Waals surface area contributed by atoms with Crippen LogP contribution in [0.1, 0.15) is 13.3 Å². The molecule has 0 amide bonds. The highest BCUT2D eigenvalue weighted by Crippen LogP contribution is 2.04. The van der Waals surface area contributed by atoms with Gasteiger partial charge in [0.15, 0.2) is 0 Å². The molecule has 0 saturated carbocycles. The van der Waals surface area contributed by atoms with Crippen LogP contribution >= 0.6 is 11.6 Å². The van der Waals surface area contributed by atoms with Crippen molar-refractivity contribution in [3.63, 3.8) is 0 Å². The number of halogens is 1. The number of piperazine rings is 1. The molecule has 0 atom stereocenters. The van der Waals surface area contributed by atoms with E-state index in [1.807, 2.05) is 4.90 Å². The molecule has 14 heavy (non-hydrogen) atoms. The van der Waals surface area contributed by atoms with Crippen molar-refractivity contribution in [1.82, 2.24) is 9.80 Å². The molecule has 0 aliphatic carbocycles. The fraction of sp³-hybridized carbons (Fsp3) is 0.778. The summed E-state index contributed by atoms with van der Waals surface area (Å²) in [6.45, 7) is 7.01. The number of hydrogen-bond donors (Lipinski definition) is 2. The maximum absolute atomic E-state index is 7.72. The van der Waals surface area contributed by atoms with Gasteiger partial charge in [-0.2, -0.15) is 0 Å². The van der Waals surface area contributed by atoms with E-state index < -0.39 is 0 Å². The van der Waals surface area contributed by atoms with Gasteiger partial charge in [0.1, 0.15) is 11.0 Å². The van der Waals surface area contributed by atoms with Crippen molar-refractivity contribution in [1.29, 1.82) is 10.8 Å². The van der Waals surface area contributed by atoms with E-state index in [4.69, 9.17) is 22.4 Å². The van der Waals surface area contributed by atoms with E-state index in [1.54, 1.807) is 0 Å². The molecular weight excluding hydrogens is 200 g/mol. The molecule has 2 N–H and O–H groups in total. The number of hydrogen-bond acceptors (Lipinski definition) is 3. The summed E-state index contributed by atoms with van der Waals surface area (Å²) in [6.07, 6.45) is 0.272. The highest BCUT2D eigenvalue weighted by molar-refractivity contribution is 6.65.